The van der Waals surface area contributed by atoms with Gasteiger partial charge in [-0.3, -0.25) is 0 Å². The average Bonchev–Trinajstić information content (AvgIpc) is 3.34. The third kappa shape index (κ3) is 4.96. The van der Waals surface area contributed by atoms with Gasteiger partial charge in [-0.25, -0.2) is 9.78 Å². The summed E-state index contributed by atoms with van der Waals surface area (Å²) in [5.41, 5.74) is 5.59. The van der Waals surface area contributed by atoms with Crippen molar-refractivity contribution in [1.29, 1.82) is 0 Å². The number of benzene rings is 3. The van der Waals surface area contributed by atoms with Crippen LogP contribution in [0, 0.1) is 6.92 Å². The largest absolute Gasteiger partial charge is 0.441 e. The summed E-state index contributed by atoms with van der Waals surface area (Å²) in [5.74, 6) is 1.44. The molecule has 2 heterocycles. The van der Waals surface area contributed by atoms with Crippen molar-refractivity contribution < 1.29 is 9.21 Å². The van der Waals surface area contributed by atoms with Crippen LogP contribution in [0.4, 0.5) is 10.5 Å². The number of nitrogens with one attached hydrogen (secondary N) is 1. The van der Waals surface area contributed by atoms with E-state index >= 15 is 0 Å². The molecule has 1 aliphatic rings. The summed E-state index contributed by atoms with van der Waals surface area (Å²) in [6.07, 6.45) is 1.75. The van der Waals surface area contributed by atoms with Crippen molar-refractivity contribution in [3.8, 4) is 22.5 Å². The minimum atomic E-state index is -0.0131. The van der Waals surface area contributed by atoms with E-state index < -0.39 is 0 Å². The Hall–Kier alpha value is -4.06. The average molecular weight is 453 g/mol. The molecule has 5 rings (SSSR count). The first kappa shape index (κ1) is 21.8. The van der Waals surface area contributed by atoms with Crippen LogP contribution in [0.5, 0.6) is 0 Å². The molecule has 0 atom stereocenters. The van der Waals surface area contributed by atoms with Gasteiger partial charge in [0.05, 0.1) is 6.20 Å². The summed E-state index contributed by atoms with van der Waals surface area (Å²) in [4.78, 5) is 21.1. The number of aryl methyl sites for hydroxylation is 1. The predicted octanol–water partition coefficient (Wildman–Crippen LogP) is 5.35. The zero-order chi connectivity index (χ0) is 23.3. The molecular formula is C28H28N4O2. The number of hydrogen-bond donors (Lipinski definition) is 1. The lowest BCUT2D eigenvalue weighted by Gasteiger charge is -2.36. The number of oxazole rings is 1. The standard InChI is InChI=1S/C28H28N4O2/c1-21-29-20-27(34-21)24-10-12-26(13-11-24)31-14-16-32(17-15-31)28(33)30-19-22-6-5-9-25(18-22)23-7-3-2-4-8-23/h2-13,18,20H,14-17,19H2,1H3,(H,30,33). The summed E-state index contributed by atoms with van der Waals surface area (Å²) in [7, 11) is 0. The quantitative estimate of drug-likeness (QED) is 0.444. The molecule has 0 saturated carbocycles. The van der Waals surface area contributed by atoms with Gasteiger partial charge in [0.25, 0.3) is 0 Å². The van der Waals surface area contributed by atoms with E-state index in [1.54, 1.807) is 6.20 Å². The molecule has 2 amide bonds. The van der Waals surface area contributed by atoms with Crippen LogP contribution in [-0.4, -0.2) is 42.1 Å². The van der Waals surface area contributed by atoms with Gasteiger partial charge in [-0.2, -0.15) is 0 Å². The molecule has 1 fully saturated rings. The van der Waals surface area contributed by atoms with Crippen LogP contribution in [0.1, 0.15) is 11.5 Å². The number of nitrogens with zero attached hydrogens (tertiary/aromatic N) is 3. The van der Waals surface area contributed by atoms with Gasteiger partial charge in [-0.1, -0.05) is 48.5 Å². The molecule has 3 aromatic carbocycles. The Morgan fingerprint density at radius 1 is 0.882 bits per heavy atom. The fraction of sp³-hybridized carbons (Fsp3) is 0.214. The highest BCUT2D eigenvalue weighted by atomic mass is 16.4. The second-order valence-electron chi connectivity index (χ2n) is 8.49. The maximum Gasteiger partial charge on any atom is 0.317 e. The topological polar surface area (TPSA) is 61.6 Å². The van der Waals surface area contributed by atoms with Crippen molar-refractivity contribution in [3.63, 3.8) is 0 Å². The van der Waals surface area contributed by atoms with Gasteiger partial charge in [0, 0.05) is 50.9 Å². The van der Waals surface area contributed by atoms with Crippen LogP contribution < -0.4 is 10.2 Å². The first-order chi connectivity index (χ1) is 16.7. The molecule has 1 aromatic heterocycles. The summed E-state index contributed by atoms with van der Waals surface area (Å²) in [6, 6.07) is 26.9. The third-order valence-electron chi connectivity index (χ3n) is 6.18. The monoisotopic (exact) mass is 452 g/mol. The van der Waals surface area contributed by atoms with Crippen molar-refractivity contribution in [3.05, 3.63) is 96.5 Å². The van der Waals surface area contributed by atoms with Crippen molar-refractivity contribution in [2.24, 2.45) is 0 Å². The van der Waals surface area contributed by atoms with Crippen LogP contribution in [0.25, 0.3) is 22.5 Å². The Labute approximate surface area is 199 Å². The smallest absolute Gasteiger partial charge is 0.317 e. The van der Waals surface area contributed by atoms with Gasteiger partial charge in [0.15, 0.2) is 11.7 Å². The molecule has 1 aliphatic heterocycles. The fourth-order valence-electron chi connectivity index (χ4n) is 4.28. The van der Waals surface area contributed by atoms with Gasteiger partial charge in [0.2, 0.25) is 0 Å². The van der Waals surface area contributed by atoms with Crippen molar-refractivity contribution >= 4 is 11.7 Å². The first-order valence-electron chi connectivity index (χ1n) is 11.6. The van der Waals surface area contributed by atoms with E-state index in [1.165, 1.54) is 5.56 Å². The van der Waals surface area contributed by atoms with Crippen LogP contribution in [0.2, 0.25) is 0 Å². The lowest BCUT2D eigenvalue weighted by Crippen LogP contribution is -2.51. The molecule has 34 heavy (non-hydrogen) atoms. The predicted molar refractivity (Wildman–Crippen MR) is 135 cm³/mol. The van der Waals surface area contributed by atoms with Gasteiger partial charge in [-0.15, -0.1) is 0 Å². The minimum absolute atomic E-state index is 0.0131. The first-order valence-corrected chi connectivity index (χ1v) is 11.6. The molecule has 1 saturated heterocycles. The van der Waals surface area contributed by atoms with Gasteiger partial charge in [-0.05, 0) is 47.0 Å². The molecule has 6 heteroatoms. The minimum Gasteiger partial charge on any atom is -0.441 e. The van der Waals surface area contributed by atoms with Crippen LogP contribution in [-0.2, 0) is 6.54 Å². The molecule has 6 nitrogen and oxygen atoms in total. The maximum absolute atomic E-state index is 12.8. The second kappa shape index (κ2) is 9.83. The molecular weight excluding hydrogens is 424 g/mol. The number of amides is 2. The number of rotatable bonds is 5. The maximum atomic E-state index is 12.8. The number of carbonyl (C=O) groups excluding carboxylic acids is 1. The Morgan fingerprint density at radius 2 is 1.62 bits per heavy atom. The van der Waals surface area contributed by atoms with Crippen LogP contribution >= 0.6 is 0 Å². The number of piperazine rings is 1. The van der Waals surface area contributed by atoms with Crippen LogP contribution in [0.3, 0.4) is 0 Å². The van der Waals surface area contributed by atoms with E-state index in [1.807, 2.05) is 36.1 Å². The Morgan fingerprint density at radius 3 is 2.32 bits per heavy atom. The summed E-state index contributed by atoms with van der Waals surface area (Å²) < 4.78 is 5.60. The lowest BCUT2D eigenvalue weighted by molar-refractivity contribution is 0.194. The lowest BCUT2D eigenvalue weighted by atomic mass is 10.0. The molecule has 0 bridgehead atoms. The normalized spacial score (nSPS) is 13.7. The Kier molecular flexibility index (Phi) is 6.29. The van der Waals surface area contributed by atoms with Crippen molar-refractivity contribution in [2.45, 2.75) is 13.5 Å². The van der Waals surface area contributed by atoms with Crippen molar-refractivity contribution in [1.82, 2.24) is 15.2 Å². The Bertz CT molecular complexity index is 1240. The second-order valence-corrected chi connectivity index (χ2v) is 8.49. The van der Waals surface area contributed by atoms with Gasteiger partial charge < -0.3 is 19.5 Å². The fourth-order valence-corrected chi connectivity index (χ4v) is 4.28. The molecule has 0 radical (unpaired) electrons. The number of urea groups is 1. The van der Waals surface area contributed by atoms with E-state index in [0.717, 1.165) is 41.2 Å². The van der Waals surface area contributed by atoms with E-state index in [4.69, 9.17) is 4.42 Å². The van der Waals surface area contributed by atoms with E-state index in [2.05, 4.69) is 69.8 Å². The zero-order valence-corrected chi connectivity index (χ0v) is 19.3. The Balaban J connectivity index is 1.13. The highest BCUT2D eigenvalue weighted by Crippen LogP contribution is 2.25. The van der Waals surface area contributed by atoms with Crippen LogP contribution in [0.15, 0.2) is 89.5 Å². The summed E-state index contributed by atoms with van der Waals surface area (Å²) in [6.45, 7) is 5.35. The molecule has 0 aliphatic carbocycles. The van der Waals surface area contributed by atoms with E-state index in [9.17, 15) is 4.79 Å². The van der Waals surface area contributed by atoms with E-state index in [0.29, 0.717) is 25.5 Å². The highest BCUT2D eigenvalue weighted by molar-refractivity contribution is 5.75. The van der Waals surface area contributed by atoms with Gasteiger partial charge in [0.1, 0.15) is 0 Å². The summed E-state index contributed by atoms with van der Waals surface area (Å²) in [5, 5.41) is 3.08. The van der Waals surface area contributed by atoms with E-state index in [-0.39, 0.29) is 6.03 Å². The molecule has 172 valence electrons. The van der Waals surface area contributed by atoms with Crippen molar-refractivity contribution in [2.75, 3.05) is 31.1 Å². The van der Waals surface area contributed by atoms with Gasteiger partial charge >= 0.3 is 6.03 Å². The number of hydrogen-bond acceptors (Lipinski definition) is 4. The summed E-state index contributed by atoms with van der Waals surface area (Å²) >= 11 is 0. The number of carbonyl (C=O) groups is 1. The number of anilines is 1. The zero-order valence-electron chi connectivity index (χ0n) is 19.3. The molecule has 0 unspecified atom stereocenters. The molecule has 1 N–H and O–H groups in total. The highest BCUT2D eigenvalue weighted by Gasteiger charge is 2.21. The SMILES string of the molecule is Cc1ncc(-c2ccc(N3CCN(C(=O)NCc4cccc(-c5ccccc5)c4)CC3)cc2)o1. The molecule has 0 spiro atoms. The third-order valence-corrected chi connectivity index (χ3v) is 6.18. The number of aromatic nitrogens is 1. The molecule has 4 aromatic rings.